The van der Waals surface area contributed by atoms with Crippen molar-refractivity contribution in [3.05, 3.63) is 69.0 Å². The van der Waals surface area contributed by atoms with Gasteiger partial charge in [0.25, 0.3) is 5.69 Å². The molecule has 0 fully saturated rings. The quantitative estimate of drug-likeness (QED) is 0.315. The van der Waals surface area contributed by atoms with Gasteiger partial charge in [0.1, 0.15) is 11.6 Å². The molecule has 0 radical (unpaired) electrons. The summed E-state index contributed by atoms with van der Waals surface area (Å²) in [5.41, 5.74) is 1.26. The summed E-state index contributed by atoms with van der Waals surface area (Å²) in [6.45, 7) is 0. The molecule has 11 heteroatoms. The Morgan fingerprint density at radius 2 is 2.07 bits per heavy atom. The fourth-order valence-electron chi connectivity index (χ4n) is 2.43. The molecule has 1 heterocycles. The smallest absolute Gasteiger partial charge is 0.273 e. The number of thioether (sulfide) groups is 1. The van der Waals surface area contributed by atoms with E-state index in [1.807, 2.05) is 12.1 Å². The minimum atomic E-state index is -0.533. The number of benzene rings is 2. The van der Waals surface area contributed by atoms with E-state index in [4.69, 9.17) is 16.3 Å². The molecule has 1 aromatic heterocycles. The Hall–Kier alpha value is -3.11. The zero-order chi connectivity index (χ0) is 20.8. The van der Waals surface area contributed by atoms with Crippen LogP contribution in [0.2, 0.25) is 5.02 Å². The van der Waals surface area contributed by atoms with Crippen LogP contribution in [0.25, 0.3) is 0 Å². The Labute approximate surface area is 175 Å². The number of hydrogen-bond acceptors (Lipinski definition) is 7. The van der Waals surface area contributed by atoms with E-state index in [-0.39, 0.29) is 23.1 Å². The minimum Gasteiger partial charge on any atom is -0.494 e. The average molecular weight is 434 g/mol. The number of methoxy groups -OCH3 is 1. The molecule has 9 nitrogen and oxygen atoms in total. The second-order valence-corrected chi connectivity index (χ2v) is 7.23. The predicted octanol–water partition coefficient (Wildman–Crippen LogP) is 3.70. The normalized spacial score (nSPS) is 10.6. The fourth-order valence-corrected chi connectivity index (χ4v) is 3.17. The molecule has 0 aliphatic rings. The summed E-state index contributed by atoms with van der Waals surface area (Å²) in [6, 6.07) is 11.4. The van der Waals surface area contributed by atoms with Crippen molar-refractivity contribution in [1.29, 1.82) is 0 Å². The van der Waals surface area contributed by atoms with E-state index in [0.29, 0.717) is 28.1 Å². The Balaban J connectivity index is 1.55. The van der Waals surface area contributed by atoms with Gasteiger partial charge in [0.15, 0.2) is 0 Å². The summed E-state index contributed by atoms with van der Waals surface area (Å²) in [7, 11) is 1.37. The van der Waals surface area contributed by atoms with Crippen molar-refractivity contribution < 1.29 is 14.5 Å². The number of ether oxygens (including phenoxy) is 1. The number of nitrogens with one attached hydrogen (secondary N) is 2. The van der Waals surface area contributed by atoms with Gasteiger partial charge in [-0.25, -0.2) is 4.98 Å². The van der Waals surface area contributed by atoms with Gasteiger partial charge in [0, 0.05) is 17.5 Å². The van der Waals surface area contributed by atoms with Crippen molar-refractivity contribution >= 4 is 40.6 Å². The summed E-state index contributed by atoms with van der Waals surface area (Å²) in [5.74, 6) is 0.637. The highest BCUT2D eigenvalue weighted by molar-refractivity contribution is 7.99. The molecule has 0 aliphatic carbocycles. The second-order valence-electron chi connectivity index (χ2n) is 5.85. The molecule has 0 saturated carbocycles. The first-order chi connectivity index (χ1) is 13.9. The molecule has 2 N–H and O–H groups in total. The van der Waals surface area contributed by atoms with Crippen LogP contribution in [0.1, 0.15) is 11.4 Å². The average Bonchev–Trinajstić information content (AvgIpc) is 3.15. The van der Waals surface area contributed by atoms with Gasteiger partial charge in [-0.1, -0.05) is 35.5 Å². The lowest BCUT2D eigenvalue weighted by atomic mass is 10.1. The van der Waals surface area contributed by atoms with Crippen molar-refractivity contribution in [1.82, 2.24) is 15.2 Å². The number of non-ortho nitro benzene ring substituents is 1. The van der Waals surface area contributed by atoms with Crippen LogP contribution >= 0.6 is 23.4 Å². The van der Waals surface area contributed by atoms with Gasteiger partial charge >= 0.3 is 0 Å². The van der Waals surface area contributed by atoms with Gasteiger partial charge in [-0.3, -0.25) is 20.0 Å². The number of nitrogens with zero attached hydrogens (tertiary/aromatic N) is 3. The lowest BCUT2D eigenvalue weighted by Crippen LogP contribution is -2.15. The Kier molecular flexibility index (Phi) is 6.68. The first-order valence-electron chi connectivity index (χ1n) is 8.35. The van der Waals surface area contributed by atoms with Crippen molar-refractivity contribution in [2.24, 2.45) is 0 Å². The monoisotopic (exact) mass is 433 g/mol. The molecule has 2 aromatic carbocycles. The molecule has 0 atom stereocenters. The van der Waals surface area contributed by atoms with Crippen LogP contribution in [0.3, 0.4) is 0 Å². The number of aromatic amines is 1. The number of amides is 1. The van der Waals surface area contributed by atoms with Crippen molar-refractivity contribution in [2.45, 2.75) is 11.6 Å². The molecule has 0 aliphatic heterocycles. The maximum absolute atomic E-state index is 12.2. The number of rotatable bonds is 8. The molecule has 150 valence electrons. The van der Waals surface area contributed by atoms with Gasteiger partial charge in [0.05, 0.1) is 29.5 Å². The zero-order valence-electron chi connectivity index (χ0n) is 15.2. The standard InChI is InChI=1S/C18H16ClN5O4S/c1-28-15-9-13(24(26)27)6-7-14(15)20-17(25)10-29-18-21-16(22-23-18)8-11-2-4-12(19)5-3-11/h2-7,9H,8,10H2,1H3,(H,20,25)(H,21,22,23). The summed E-state index contributed by atoms with van der Waals surface area (Å²) < 4.78 is 5.10. The second kappa shape index (κ2) is 9.39. The number of halogens is 1. The molecule has 3 rings (SSSR count). The zero-order valence-corrected chi connectivity index (χ0v) is 16.8. The highest BCUT2D eigenvalue weighted by Crippen LogP contribution is 2.29. The maximum Gasteiger partial charge on any atom is 0.273 e. The maximum atomic E-state index is 12.2. The summed E-state index contributed by atoms with van der Waals surface area (Å²) >= 11 is 7.04. The van der Waals surface area contributed by atoms with Crippen LogP contribution in [-0.2, 0) is 11.2 Å². The summed E-state index contributed by atoms with van der Waals surface area (Å²) in [6.07, 6.45) is 0.566. The van der Waals surface area contributed by atoms with E-state index in [1.165, 1.54) is 37.1 Å². The van der Waals surface area contributed by atoms with E-state index in [0.717, 1.165) is 5.56 Å². The Bertz CT molecular complexity index is 1030. The third-order valence-electron chi connectivity index (χ3n) is 3.80. The number of hydrogen-bond donors (Lipinski definition) is 2. The number of aromatic nitrogens is 3. The molecule has 3 aromatic rings. The number of nitro benzene ring substituents is 1. The van der Waals surface area contributed by atoms with Crippen molar-refractivity contribution in [3.63, 3.8) is 0 Å². The third-order valence-corrected chi connectivity index (χ3v) is 4.90. The van der Waals surface area contributed by atoms with Crippen molar-refractivity contribution in [2.75, 3.05) is 18.2 Å². The van der Waals surface area contributed by atoms with E-state index in [1.54, 1.807) is 12.1 Å². The van der Waals surface area contributed by atoms with Crippen molar-refractivity contribution in [3.8, 4) is 5.75 Å². The van der Waals surface area contributed by atoms with Gasteiger partial charge in [-0.15, -0.1) is 5.10 Å². The SMILES string of the molecule is COc1cc([N+](=O)[O-])ccc1NC(=O)CSc1n[nH]c(Cc2ccc(Cl)cc2)n1. The van der Waals surface area contributed by atoms with Crippen LogP contribution < -0.4 is 10.1 Å². The van der Waals surface area contributed by atoms with E-state index in [9.17, 15) is 14.9 Å². The molecular weight excluding hydrogens is 418 g/mol. The molecule has 0 spiro atoms. The summed E-state index contributed by atoms with van der Waals surface area (Å²) in [4.78, 5) is 26.9. The molecule has 0 bridgehead atoms. The third kappa shape index (κ3) is 5.69. The Morgan fingerprint density at radius 3 is 2.76 bits per heavy atom. The van der Waals surface area contributed by atoms with Crippen LogP contribution in [0.5, 0.6) is 5.75 Å². The van der Waals surface area contributed by atoms with E-state index in [2.05, 4.69) is 20.5 Å². The number of carbonyl (C=O) groups excluding carboxylic acids is 1. The van der Waals surface area contributed by atoms with Gasteiger partial charge in [-0.05, 0) is 23.8 Å². The lowest BCUT2D eigenvalue weighted by molar-refractivity contribution is -0.384. The van der Waals surface area contributed by atoms with Gasteiger partial charge in [-0.2, -0.15) is 0 Å². The van der Waals surface area contributed by atoms with Crippen LogP contribution in [-0.4, -0.2) is 38.9 Å². The number of anilines is 1. The summed E-state index contributed by atoms with van der Waals surface area (Å²) in [5, 5.41) is 21.5. The molecular formula is C18H16ClN5O4S. The number of H-pyrrole nitrogens is 1. The fraction of sp³-hybridized carbons (Fsp3) is 0.167. The van der Waals surface area contributed by atoms with E-state index >= 15 is 0 Å². The molecule has 0 unspecified atom stereocenters. The number of carbonyl (C=O) groups is 1. The largest absolute Gasteiger partial charge is 0.494 e. The van der Waals surface area contributed by atoms with Crippen LogP contribution in [0.15, 0.2) is 47.6 Å². The van der Waals surface area contributed by atoms with Crippen LogP contribution in [0.4, 0.5) is 11.4 Å². The minimum absolute atomic E-state index is 0.0678. The molecule has 0 saturated heterocycles. The predicted molar refractivity (Wildman–Crippen MR) is 110 cm³/mol. The molecule has 1 amide bonds. The highest BCUT2D eigenvalue weighted by atomic mass is 35.5. The number of nitro groups is 1. The van der Waals surface area contributed by atoms with Gasteiger partial charge in [0.2, 0.25) is 11.1 Å². The lowest BCUT2D eigenvalue weighted by Gasteiger charge is -2.09. The first kappa shape index (κ1) is 20.6. The molecule has 29 heavy (non-hydrogen) atoms. The Morgan fingerprint density at radius 1 is 1.31 bits per heavy atom. The highest BCUT2D eigenvalue weighted by Gasteiger charge is 2.14. The topological polar surface area (TPSA) is 123 Å². The first-order valence-corrected chi connectivity index (χ1v) is 9.72. The van der Waals surface area contributed by atoms with Crippen LogP contribution in [0, 0.1) is 10.1 Å². The van der Waals surface area contributed by atoms with E-state index < -0.39 is 4.92 Å². The van der Waals surface area contributed by atoms with Gasteiger partial charge < -0.3 is 10.1 Å².